The summed E-state index contributed by atoms with van der Waals surface area (Å²) >= 11 is 1.41. The van der Waals surface area contributed by atoms with Crippen LogP contribution in [0, 0.1) is 11.8 Å². The van der Waals surface area contributed by atoms with Gasteiger partial charge in [0.15, 0.2) is 5.96 Å². The molecule has 0 aromatic rings. The molecule has 1 saturated carbocycles. The maximum absolute atomic E-state index is 13.7. The number of amides is 8. The molecular weight excluding hydrogens is 787 g/mol. The minimum absolute atomic E-state index is 0.0108. The van der Waals surface area contributed by atoms with Crippen molar-refractivity contribution in [1.82, 2.24) is 36.8 Å². The number of nitrogens with one attached hydrogen (secondary N) is 6. The van der Waals surface area contributed by atoms with Crippen molar-refractivity contribution in [2.75, 3.05) is 32.2 Å². The summed E-state index contributed by atoms with van der Waals surface area (Å²) in [5, 5.41) is 25.4. The molecule has 0 saturated heterocycles. The van der Waals surface area contributed by atoms with Gasteiger partial charge in [0.25, 0.3) is 0 Å². The standard InChI is InChI=1S/C38H69N11O9S/c1-21(2)18-28(31(39)52)47-36(57)30(20-50)48-33(54)23(4)49(6)37(58)27(15-17-59-7)46-32(53)22(3)43-34(55)26(14-11-16-42-38(40)41)45-35(56)29(44-24(5)51)19-25-12-9-8-10-13-25/h21-23,25-30,50H,8-20H2,1-7H3,(H2,39,52)(H,43,55)(H,44,51)(H,45,56)(H,46,53)(H,47,57)(H,48,54)(H4,40,41,42)/t22-,23-,26-,27-,28-,29-,30-/m0/s1. The summed E-state index contributed by atoms with van der Waals surface area (Å²) in [5.74, 6) is -4.83. The van der Waals surface area contributed by atoms with Gasteiger partial charge in [-0.05, 0) is 69.8 Å². The Balaban J connectivity index is 3.10. The Morgan fingerprint density at radius 3 is 1.83 bits per heavy atom. The Labute approximate surface area is 351 Å². The lowest BCUT2D eigenvalue weighted by molar-refractivity contribution is -0.142. The number of aliphatic hydroxyl groups is 1. The van der Waals surface area contributed by atoms with Gasteiger partial charge in [-0.2, -0.15) is 11.8 Å². The molecule has 1 aliphatic carbocycles. The summed E-state index contributed by atoms with van der Waals surface area (Å²) in [6, 6.07) is -7.98. The average Bonchev–Trinajstić information content (AvgIpc) is 3.17. The van der Waals surface area contributed by atoms with Crippen LogP contribution < -0.4 is 49.1 Å². The van der Waals surface area contributed by atoms with E-state index in [4.69, 9.17) is 17.2 Å². The van der Waals surface area contributed by atoms with Crippen molar-refractivity contribution in [1.29, 1.82) is 0 Å². The highest BCUT2D eigenvalue weighted by Crippen LogP contribution is 2.27. The van der Waals surface area contributed by atoms with Crippen molar-refractivity contribution in [3.05, 3.63) is 0 Å². The van der Waals surface area contributed by atoms with Gasteiger partial charge < -0.3 is 59.1 Å². The molecule has 0 spiro atoms. The van der Waals surface area contributed by atoms with E-state index in [-0.39, 0.29) is 49.5 Å². The summed E-state index contributed by atoms with van der Waals surface area (Å²) < 4.78 is 0. The molecule has 1 aliphatic rings. The lowest BCUT2D eigenvalue weighted by Gasteiger charge is -2.30. The summed E-state index contributed by atoms with van der Waals surface area (Å²) in [7, 11) is 1.34. The Bertz CT molecular complexity index is 1460. The molecule has 1 fully saturated rings. The van der Waals surface area contributed by atoms with Crippen LogP contribution in [0.5, 0.6) is 0 Å². The number of hydrogen-bond acceptors (Lipinski definition) is 11. The van der Waals surface area contributed by atoms with Crippen LogP contribution in [0.2, 0.25) is 0 Å². The monoisotopic (exact) mass is 856 g/mol. The van der Waals surface area contributed by atoms with E-state index < -0.39 is 90.3 Å². The smallest absolute Gasteiger partial charge is 0.245 e. The third-order valence-electron chi connectivity index (χ3n) is 10.0. The van der Waals surface area contributed by atoms with Crippen LogP contribution in [0.15, 0.2) is 4.99 Å². The van der Waals surface area contributed by atoms with Crippen molar-refractivity contribution in [3.63, 3.8) is 0 Å². The zero-order valence-corrected chi connectivity index (χ0v) is 36.5. The fourth-order valence-corrected chi connectivity index (χ4v) is 7.01. The van der Waals surface area contributed by atoms with Crippen molar-refractivity contribution in [3.8, 4) is 0 Å². The van der Waals surface area contributed by atoms with Crippen LogP contribution in [-0.4, -0.2) is 138 Å². The zero-order chi connectivity index (χ0) is 44.8. The van der Waals surface area contributed by atoms with Gasteiger partial charge in [-0.15, -0.1) is 0 Å². The summed E-state index contributed by atoms with van der Waals surface area (Å²) in [6.07, 6.45) is 8.07. The van der Waals surface area contributed by atoms with Crippen LogP contribution in [-0.2, 0) is 38.4 Å². The van der Waals surface area contributed by atoms with E-state index in [0.717, 1.165) is 37.0 Å². The second-order valence-corrected chi connectivity index (χ2v) is 16.5. The number of primary amides is 1. The zero-order valence-electron chi connectivity index (χ0n) is 35.6. The largest absolute Gasteiger partial charge is 0.394 e. The third-order valence-corrected chi connectivity index (χ3v) is 10.7. The molecule has 0 heterocycles. The molecule has 8 amide bonds. The average molecular weight is 856 g/mol. The molecule has 7 atom stereocenters. The van der Waals surface area contributed by atoms with Crippen LogP contribution in [0.1, 0.15) is 98.8 Å². The third kappa shape index (κ3) is 19.8. The van der Waals surface area contributed by atoms with E-state index in [0.29, 0.717) is 18.6 Å². The fraction of sp³-hybridized carbons (Fsp3) is 0.763. The van der Waals surface area contributed by atoms with Gasteiger partial charge in [-0.1, -0.05) is 46.0 Å². The SMILES string of the molecule is CSCC[C@H](NC(=O)[C@H](C)NC(=O)[C@H](CCCN=C(N)N)NC(=O)[C@H](CC1CCCCC1)NC(C)=O)C(=O)N(C)[C@@H](C)C(=O)N[C@@H](CO)C(=O)N[C@@H](CC(C)C)C(N)=O. The van der Waals surface area contributed by atoms with E-state index in [2.05, 4.69) is 36.9 Å². The van der Waals surface area contributed by atoms with E-state index in [1.54, 1.807) is 0 Å². The Morgan fingerprint density at radius 2 is 1.29 bits per heavy atom. The van der Waals surface area contributed by atoms with E-state index in [1.165, 1.54) is 39.6 Å². The van der Waals surface area contributed by atoms with E-state index >= 15 is 0 Å². The first-order valence-corrected chi connectivity index (χ1v) is 21.6. The van der Waals surface area contributed by atoms with Crippen molar-refractivity contribution in [2.45, 2.75) is 141 Å². The van der Waals surface area contributed by atoms with Gasteiger partial charge in [0.2, 0.25) is 47.3 Å². The highest BCUT2D eigenvalue weighted by molar-refractivity contribution is 7.98. The molecule has 1 rings (SSSR count). The number of carbonyl (C=O) groups is 8. The number of rotatable bonds is 26. The van der Waals surface area contributed by atoms with Gasteiger partial charge in [0, 0.05) is 20.5 Å². The lowest BCUT2D eigenvalue weighted by Crippen LogP contribution is -2.60. The number of hydrogen-bond donors (Lipinski definition) is 10. The lowest BCUT2D eigenvalue weighted by atomic mass is 9.84. The molecule has 0 aliphatic heterocycles. The van der Waals surface area contributed by atoms with Gasteiger partial charge >= 0.3 is 0 Å². The van der Waals surface area contributed by atoms with Crippen LogP contribution in [0.3, 0.4) is 0 Å². The van der Waals surface area contributed by atoms with Crippen LogP contribution >= 0.6 is 11.8 Å². The van der Waals surface area contributed by atoms with E-state index in [1.807, 2.05) is 20.1 Å². The molecule has 20 nitrogen and oxygen atoms in total. The second kappa shape index (κ2) is 27.2. The molecule has 0 aromatic heterocycles. The molecule has 59 heavy (non-hydrogen) atoms. The maximum Gasteiger partial charge on any atom is 0.245 e. The number of guanidine groups is 1. The van der Waals surface area contributed by atoms with E-state index in [9.17, 15) is 43.5 Å². The molecule has 0 unspecified atom stereocenters. The van der Waals surface area contributed by atoms with Crippen molar-refractivity contribution >= 4 is 65.0 Å². The number of aliphatic imine (C=N–C) groups is 1. The van der Waals surface area contributed by atoms with Gasteiger partial charge in [-0.25, -0.2) is 0 Å². The quantitative estimate of drug-likeness (QED) is 0.0259. The summed E-state index contributed by atoms with van der Waals surface area (Å²) in [5.41, 5.74) is 16.3. The van der Waals surface area contributed by atoms with Gasteiger partial charge in [-0.3, -0.25) is 43.3 Å². The van der Waals surface area contributed by atoms with Crippen molar-refractivity contribution < 1.29 is 43.5 Å². The Hall–Kier alpha value is -4.66. The first-order valence-electron chi connectivity index (χ1n) is 20.2. The summed E-state index contributed by atoms with van der Waals surface area (Å²) in [4.78, 5) is 109. The van der Waals surface area contributed by atoms with Gasteiger partial charge in [0.1, 0.15) is 42.3 Å². The van der Waals surface area contributed by atoms with Crippen molar-refractivity contribution in [2.24, 2.45) is 34.0 Å². The fourth-order valence-electron chi connectivity index (χ4n) is 6.54. The van der Waals surface area contributed by atoms with Crippen LogP contribution in [0.25, 0.3) is 0 Å². The highest BCUT2D eigenvalue weighted by Gasteiger charge is 2.34. The number of aliphatic hydroxyl groups excluding tert-OH is 1. The molecule has 336 valence electrons. The highest BCUT2D eigenvalue weighted by atomic mass is 32.2. The number of likely N-dealkylation sites (N-methyl/N-ethyl adjacent to an activating group) is 1. The Morgan fingerprint density at radius 1 is 0.729 bits per heavy atom. The normalized spacial score (nSPS) is 16.4. The minimum Gasteiger partial charge on any atom is -0.394 e. The maximum atomic E-state index is 13.7. The summed E-state index contributed by atoms with van der Waals surface area (Å²) in [6.45, 7) is 7.15. The molecular formula is C38H69N11O9S. The molecule has 0 bridgehead atoms. The number of thioether (sulfide) groups is 1. The predicted molar refractivity (Wildman–Crippen MR) is 225 cm³/mol. The number of nitrogens with two attached hydrogens (primary N) is 3. The minimum atomic E-state index is -1.45. The number of nitrogens with zero attached hydrogens (tertiary/aromatic N) is 2. The molecule has 13 N–H and O–H groups in total. The topological polar surface area (TPSA) is 323 Å². The van der Waals surface area contributed by atoms with Gasteiger partial charge in [0.05, 0.1) is 6.61 Å². The molecule has 0 radical (unpaired) electrons. The molecule has 21 heteroatoms. The second-order valence-electron chi connectivity index (χ2n) is 15.5. The Kier molecular flexibility index (Phi) is 24.1. The first kappa shape index (κ1) is 52.4. The number of carbonyl (C=O) groups excluding carboxylic acids is 8. The molecule has 0 aromatic carbocycles. The first-order chi connectivity index (χ1) is 27.7. The van der Waals surface area contributed by atoms with Crippen LogP contribution in [0.4, 0.5) is 0 Å². The predicted octanol–water partition coefficient (Wildman–Crippen LogP) is -1.92.